The highest BCUT2D eigenvalue weighted by Crippen LogP contribution is 2.20. The molecule has 1 fully saturated rings. The summed E-state index contributed by atoms with van der Waals surface area (Å²) in [6.45, 7) is 0. The van der Waals surface area contributed by atoms with E-state index >= 15 is 0 Å². The first kappa shape index (κ1) is 13.6. The summed E-state index contributed by atoms with van der Waals surface area (Å²) in [5.74, 6) is -0.275. The van der Waals surface area contributed by atoms with E-state index in [1.54, 1.807) is 6.07 Å². The molecule has 6 heteroatoms. The molecule has 0 spiro atoms. The number of aliphatic hydroxyl groups excluding tert-OH is 1. The van der Waals surface area contributed by atoms with Crippen molar-refractivity contribution >= 4 is 29.1 Å². The van der Waals surface area contributed by atoms with Gasteiger partial charge in [0.15, 0.2) is 0 Å². The molecule has 1 aromatic rings. The molecule has 18 heavy (non-hydrogen) atoms. The monoisotopic (exact) mass is 288 g/mol. The third-order valence-corrected chi connectivity index (χ3v) is 3.54. The number of aliphatic hydroxyl groups is 1. The summed E-state index contributed by atoms with van der Waals surface area (Å²) in [5, 5.41) is 12.8. The van der Waals surface area contributed by atoms with Gasteiger partial charge in [-0.05, 0) is 37.8 Å². The fourth-order valence-corrected chi connectivity index (χ4v) is 2.57. The lowest BCUT2D eigenvalue weighted by molar-refractivity contribution is 0.0849. The average molecular weight is 289 g/mol. The van der Waals surface area contributed by atoms with E-state index in [0.717, 1.165) is 19.3 Å². The Labute approximate surface area is 115 Å². The molecule has 0 bridgehead atoms. The average Bonchev–Trinajstić information content (AvgIpc) is 2.28. The number of hydrogen-bond donors (Lipinski definition) is 2. The van der Waals surface area contributed by atoms with Gasteiger partial charge in [-0.1, -0.05) is 23.2 Å². The van der Waals surface area contributed by atoms with Crippen LogP contribution in [0.4, 0.5) is 0 Å². The number of halogens is 2. The summed E-state index contributed by atoms with van der Waals surface area (Å²) >= 11 is 11.5. The van der Waals surface area contributed by atoms with Crippen LogP contribution in [0.25, 0.3) is 0 Å². The number of pyridine rings is 1. The van der Waals surface area contributed by atoms with Crippen LogP contribution in [0.5, 0.6) is 0 Å². The lowest BCUT2D eigenvalue weighted by Gasteiger charge is -2.26. The number of amides is 1. The fourth-order valence-electron chi connectivity index (χ4n) is 2.14. The fraction of sp³-hybridized carbons (Fsp3) is 0.500. The molecule has 0 radical (unpaired) electrons. The van der Waals surface area contributed by atoms with E-state index in [0.29, 0.717) is 12.0 Å². The van der Waals surface area contributed by atoms with E-state index < -0.39 is 0 Å². The molecular weight excluding hydrogens is 275 g/mol. The number of nitrogens with zero attached hydrogens (tertiary/aromatic N) is 1. The summed E-state index contributed by atoms with van der Waals surface area (Å²) in [6.07, 6.45) is 2.85. The Balaban J connectivity index is 2.03. The van der Waals surface area contributed by atoms with Gasteiger partial charge in [-0.15, -0.1) is 0 Å². The molecule has 1 aromatic heterocycles. The summed E-state index contributed by atoms with van der Waals surface area (Å²) in [6, 6.07) is 3.07. The largest absolute Gasteiger partial charge is 0.393 e. The third kappa shape index (κ3) is 3.34. The van der Waals surface area contributed by atoms with Crippen LogP contribution in [0.15, 0.2) is 12.1 Å². The van der Waals surface area contributed by atoms with Crippen LogP contribution in [-0.2, 0) is 0 Å². The van der Waals surface area contributed by atoms with Gasteiger partial charge in [0, 0.05) is 6.04 Å². The van der Waals surface area contributed by atoms with Crippen LogP contribution in [0.2, 0.25) is 10.3 Å². The van der Waals surface area contributed by atoms with Gasteiger partial charge < -0.3 is 10.4 Å². The van der Waals surface area contributed by atoms with Crippen LogP contribution in [0, 0.1) is 0 Å². The summed E-state index contributed by atoms with van der Waals surface area (Å²) in [7, 11) is 0. The van der Waals surface area contributed by atoms with E-state index in [2.05, 4.69) is 10.3 Å². The summed E-state index contributed by atoms with van der Waals surface area (Å²) in [4.78, 5) is 15.8. The Morgan fingerprint density at radius 1 is 1.39 bits per heavy atom. The van der Waals surface area contributed by atoms with Gasteiger partial charge in [0.1, 0.15) is 10.3 Å². The zero-order valence-electron chi connectivity index (χ0n) is 9.70. The quantitative estimate of drug-likeness (QED) is 0.822. The third-order valence-electron chi connectivity index (χ3n) is 3.04. The van der Waals surface area contributed by atoms with Crippen molar-refractivity contribution in [1.29, 1.82) is 0 Å². The van der Waals surface area contributed by atoms with Crippen LogP contribution in [-0.4, -0.2) is 28.1 Å². The number of nitrogens with one attached hydrogen (secondary N) is 1. The molecule has 98 valence electrons. The van der Waals surface area contributed by atoms with Crippen molar-refractivity contribution < 1.29 is 9.90 Å². The highest BCUT2D eigenvalue weighted by Gasteiger charge is 2.23. The Kier molecular flexibility index (Phi) is 4.43. The van der Waals surface area contributed by atoms with Crippen molar-refractivity contribution in [2.24, 2.45) is 0 Å². The molecule has 1 heterocycles. The first-order valence-electron chi connectivity index (χ1n) is 5.87. The van der Waals surface area contributed by atoms with Crippen molar-refractivity contribution in [3.8, 4) is 0 Å². The standard InChI is InChI=1S/C12H14Cl2N2O2/c13-10-5-4-9(11(14)16-10)12(18)15-7-2-1-3-8(17)6-7/h4-5,7-8,17H,1-3,6H2,(H,15,18). The Morgan fingerprint density at radius 2 is 2.17 bits per heavy atom. The molecular formula is C12H14Cl2N2O2. The van der Waals surface area contributed by atoms with Crippen molar-refractivity contribution in [2.75, 3.05) is 0 Å². The van der Waals surface area contributed by atoms with E-state index in [-0.39, 0.29) is 28.4 Å². The highest BCUT2D eigenvalue weighted by atomic mass is 35.5. The first-order valence-corrected chi connectivity index (χ1v) is 6.63. The van der Waals surface area contributed by atoms with E-state index in [1.807, 2.05) is 0 Å². The molecule has 1 amide bonds. The maximum Gasteiger partial charge on any atom is 0.254 e. The molecule has 0 aromatic carbocycles. The van der Waals surface area contributed by atoms with Crippen LogP contribution in [0.3, 0.4) is 0 Å². The Bertz CT molecular complexity index is 454. The number of rotatable bonds is 2. The maximum atomic E-state index is 12.0. The second-order valence-corrected chi connectivity index (χ2v) is 5.21. The van der Waals surface area contributed by atoms with Gasteiger partial charge in [-0.25, -0.2) is 4.98 Å². The Hall–Kier alpha value is -0.840. The van der Waals surface area contributed by atoms with Crippen molar-refractivity contribution in [2.45, 2.75) is 37.8 Å². The number of carbonyl (C=O) groups excluding carboxylic acids is 1. The van der Waals surface area contributed by atoms with E-state index in [4.69, 9.17) is 23.2 Å². The number of carbonyl (C=O) groups is 1. The predicted molar refractivity (Wildman–Crippen MR) is 70.0 cm³/mol. The molecule has 2 unspecified atom stereocenters. The number of hydrogen-bond acceptors (Lipinski definition) is 3. The van der Waals surface area contributed by atoms with Gasteiger partial charge >= 0.3 is 0 Å². The molecule has 2 N–H and O–H groups in total. The highest BCUT2D eigenvalue weighted by molar-refractivity contribution is 6.34. The lowest BCUT2D eigenvalue weighted by atomic mass is 9.93. The van der Waals surface area contributed by atoms with Crippen molar-refractivity contribution in [3.63, 3.8) is 0 Å². The summed E-state index contributed by atoms with van der Waals surface area (Å²) in [5.41, 5.74) is 0.307. The van der Waals surface area contributed by atoms with E-state index in [1.165, 1.54) is 6.07 Å². The van der Waals surface area contributed by atoms with Gasteiger partial charge in [-0.3, -0.25) is 4.79 Å². The molecule has 1 aliphatic rings. The Morgan fingerprint density at radius 3 is 2.83 bits per heavy atom. The lowest BCUT2D eigenvalue weighted by Crippen LogP contribution is -2.39. The molecule has 1 saturated carbocycles. The zero-order valence-corrected chi connectivity index (χ0v) is 11.2. The molecule has 0 aliphatic heterocycles. The number of aromatic nitrogens is 1. The van der Waals surface area contributed by atoms with Gasteiger partial charge in [0.25, 0.3) is 5.91 Å². The van der Waals surface area contributed by atoms with Gasteiger partial charge in [0.05, 0.1) is 11.7 Å². The van der Waals surface area contributed by atoms with Gasteiger partial charge in [-0.2, -0.15) is 0 Å². The maximum absolute atomic E-state index is 12.0. The molecule has 4 nitrogen and oxygen atoms in total. The first-order chi connectivity index (χ1) is 8.56. The second-order valence-electron chi connectivity index (χ2n) is 4.46. The minimum atomic E-state index is -0.331. The predicted octanol–water partition coefficient (Wildman–Crippen LogP) is 2.42. The van der Waals surface area contributed by atoms with Crippen LogP contribution >= 0.6 is 23.2 Å². The second kappa shape index (κ2) is 5.87. The minimum absolute atomic E-state index is 0.00649. The van der Waals surface area contributed by atoms with Crippen LogP contribution in [0.1, 0.15) is 36.0 Å². The molecule has 0 saturated heterocycles. The smallest absolute Gasteiger partial charge is 0.254 e. The minimum Gasteiger partial charge on any atom is -0.393 e. The van der Waals surface area contributed by atoms with Gasteiger partial charge in [0.2, 0.25) is 0 Å². The SMILES string of the molecule is O=C(NC1CCCC(O)C1)c1ccc(Cl)nc1Cl. The molecule has 1 aliphatic carbocycles. The van der Waals surface area contributed by atoms with Crippen molar-refractivity contribution in [1.82, 2.24) is 10.3 Å². The topological polar surface area (TPSA) is 62.2 Å². The summed E-state index contributed by atoms with van der Waals surface area (Å²) < 4.78 is 0. The van der Waals surface area contributed by atoms with E-state index in [9.17, 15) is 9.90 Å². The zero-order chi connectivity index (χ0) is 13.1. The van der Waals surface area contributed by atoms with Crippen molar-refractivity contribution in [3.05, 3.63) is 28.0 Å². The van der Waals surface area contributed by atoms with Crippen LogP contribution < -0.4 is 5.32 Å². The normalized spacial score (nSPS) is 23.7. The molecule has 2 rings (SSSR count). The molecule has 2 atom stereocenters.